The fourth-order valence-electron chi connectivity index (χ4n) is 4.81. The maximum absolute atomic E-state index is 12.1. The van der Waals surface area contributed by atoms with E-state index in [2.05, 4.69) is 5.32 Å². The van der Waals surface area contributed by atoms with Gasteiger partial charge in [0.2, 0.25) is 5.91 Å². The average molecular weight is 235 g/mol. The van der Waals surface area contributed by atoms with Crippen LogP contribution in [0, 0.1) is 29.6 Å². The van der Waals surface area contributed by atoms with Crippen LogP contribution in [0.15, 0.2) is 0 Å². The molecule has 3 heteroatoms. The van der Waals surface area contributed by atoms with Crippen molar-refractivity contribution < 1.29 is 9.53 Å². The van der Waals surface area contributed by atoms with Gasteiger partial charge in [0, 0.05) is 19.1 Å². The summed E-state index contributed by atoms with van der Waals surface area (Å²) in [7, 11) is 0. The number of nitrogens with one attached hydrogen (secondary N) is 1. The summed E-state index contributed by atoms with van der Waals surface area (Å²) in [5.41, 5.74) is 0. The standard InChI is InChI=1S/C14H21NO2/c16-14(15-7-10-2-1-5-17-10)13-11-8-3-4-9(6-8)12(11)13/h8-13H,1-7H2,(H,15,16)/t8-,9-,10-,11+,12+/m0/s1. The normalized spacial score (nSPS) is 50.4. The molecule has 2 bridgehead atoms. The zero-order chi connectivity index (χ0) is 11.4. The average Bonchev–Trinajstić information content (AvgIpc) is 2.80. The molecule has 0 radical (unpaired) electrons. The number of ether oxygens (including phenoxy) is 1. The Labute approximate surface area is 102 Å². The summed E-state index contributed by atoms with van der Waals surface area (Å²) in [5.74, 6) is 4.01. The molecule has 0 aromatic heterocycles. The van der Waals surface area contributed by atoms with Crippen LogP contribution in [-0.4, -0.2) is 25.2 Å². The third kappa shape index (κ3) is 1.55. The highest BCUT2D eigenvalue weighted by Gasteiger charge is 2.67. The number of rotatable bonds is 3. The molecule has 4 rings (SSSR count). The van der Waals surface area contributed by atoms with Gasteiger partial charge in [-0.25, -0.2) is 0 Å². The van der Waals surface area contributed by atoms with Crippen LogP contribution in [0.25, 0.3) is 0 Å². The van der Waals surface area contributed by atoms with E-state index >= 15 is 0 Å². The Morgan fingerprint density at radius 3 is 2.59 bits per heavy atom. The summed E-state index contributed by atoms with van der Waals surface area (Å²) < 4.78 is 5.54. The van der Waals surface area contributed by atoms with Gasteiger partial charge in [-0.15, -0.1) is 0 Å². The van der Waals surface area contributed by atoms with Crippen molar-refractivity contribution in [1.29, 1.82) is 0 Å². The Morgan fingerprint density at radius 1 is 1.18 bits per heavy atom. The summed E-state index contributed by atoms with van der Waals surface area (Å²) in [6, 6.07) is 0. The van der Waals surface area contributed by atoms with E-state index in [1.54, 1.807) is 0 Å². The van der Waals surface area contributed by atoms with Gasteiger partial charge in [-0.2, -0.15) is 0 Å². The summed E-state index contributed by atoms with van der Waals surface area (Å²) in [6.45, 7) is 1.61. The molecule has 1 saturated heterocycles. The summed E-state index contributed by atoms with van der Waals surface area (Å²) in [4.78, 5) is 12.1. The predicted molar refractivity (Wildman–Crippen MR) is 63.3 cm³/mol. The molecule has 4 aliphatic rings. The molecule has 0 spiro atoms. The van der Waals surface area contributed by atoms with E-state index in [-0.39, 0.29) is 6.10 Å². The van der Waals surface area contributed by atoms with E-state index < -0.39 is 0 Å². The molecule has 4 fully saturated rings. The lowest BCUT2D eigenvalue weighted by Crippen LogP contribution is -2.34. The number of carbonyl (C=O) groups excluding carboxylic acids is 1. The summed E-state index contributed by atoms with van der Waals surface area (Å²) in [6.07, 6.45) is 6.75. The molecule has 5 atom stereocenters. The number of amides is 1. The molecule has 3 saturated carbocycles. The number of hydrogen-bond donors (Lipinski definition) is 1. The molecule has 3 aliphatic carbocycles. The van der Waals surface area contributed by atoms with Gasteiger partial charge in [0.05, 0.1) is 6.10 Å². The third-order valence-electron chi connectivity index (χ3n) is 5.57. The van der Waals surface area contributed by atoms with E-state index in [4.69, 9.17) is 4.74 Å². The van der Waals surface area contributed by atoms with Crippen LogP contribution in [0.1, 0.15) is 32.1 Å². The first-order chi connectivity index (χ1) is 8.34. The van der Waals surface area contributed by atoms with Crippen molar-refractivity contribution in [3.8, 4) is 0 Å². The Morgan fingerprint density at radius 2 is 1.94 bits per heavy atom. The SMILES string of the molecule is O=C(NC[C@@H]1CCCO1)C1[C@@H]2[C@H]3CC[C@@H](C3)[C@@H]12. The zero-order valence-electron chi connectivity index (χ0n) is 10.2. The van der Waals surface area contributed by atoms with E-state index in [9.17, 15) is 4.79 Å². The van der Waals surface area contributed by atoms with Gasteiger partial charge >= 0.3 is 0 Å². The number of fused-ring (bicyclic) bond motifs is 5. The largest absolute Gasteiger partial charge is 0.376 e. The monoisotopic (exact) mass is 235 g/mol. The van der Waals surface area contributed by atoms with Gasteiger partial charge in [-0.3, -0.25) is 4.79 Å². The summed E-state index contributed by atoms with van der Waals surface area (Å²) >= 11 is 0. The number of hydrogen-bond acceptors (Lipinski definition) is 2. The van der Waals surface area contributed by atoms with Gasteiger partial charge in [0.15, 0.2) is 0 Å². The molecule has 0 aromatic carbocycles. The topological polar surface area (TPSA) is 38.3 Å². The predicted octanol–water partition coefficient (Wildman–Crippen LogP) is 1.57. The maximum atomic E-state index is 12.1. The van der Waals surface area contributed by atoms with E-state index in [1.165, 1.54) is 19.3 Å². The smallest absolute Gasteiger partial charge is 0.223 e. The summed E-state index contributed by atoms with van der Waals surface area (Å²) in [5, 5.41) is 3.12. The Bertz CT molecular complexity index is 321. The highest BCUT2D eigenvalue weighted by molar-refractivity contribution is 5.82. The van der Waals surface area contributed by atoms with Crippen molar-refractivity contribution in [1.82, 2.24) is 5.32 Å². The molecule has 1 amide bonds. The van der Waals surface area contributed by atoms with Gasteiger partial charge in [0.1, 0.15) is 0 Å². The van der Waals surface area contributed by atoms with Gasteiger partial charge < -0.3 is 10.1 Å². The number of carbonyl (C=O) groups is 1. The van der Waals surface area contributed by atoms with Gasteiger partial charge in [-0.05, 0) is 55.8 Å². The highest BCUT2D eigenvalue weighted by Crippen LogP contribution is 2.69. The first-order valence-corrected chi connectivity index (χ1v) is 7.24. The maximum Gasteiger partial charge on any atom is 0.223 e. The van der Waals surface area contributed by atoms with Crippen LogP contribution in [0.2, 0.25) is 0 Å². The Hall–Kier alpha value is -0.570. The Balaban J connectivity index is 1.30. The zero-order valence-corrected chi connectivity index (χ0v) is 10.2. The second kappa shape index (κ2) is 3.71. The van der Waals surface area contributed by atoms with Crippen molar-refractivity contribution in [3.05, 3.63) is 0 Å². The minimum Gasteiger partial charge on any atom is -0.376 e. The minimum atomic E-state index is 0.286. The highest BCUT2D eigenvalue weighted by atomic mass is 16.5. The van der Waals surface area contributed by atoms with Crippen molar-refractivity contribution in [2.45, 2.75) is 38.2 Å². The first-order valence-electron chi connectivity index (χ1n) is 7.24. The molecular weight excluding hydrogens is 214 g/mol. The lowest BCUT2D eigenvalue weighted by Gasteiger charge is -2.12. The molecular formula is C14H21NO2. The van der Waals surface area contributed by atoms with Gasteiger partial charge in [-0.1, -0.05) is 0 Å². The van der Waals surface area contributed by atoms with Crippen molar-refractivity contribution in [2.24, 2.45) is 29.6 Å². The Kier molecular flexibility index (Phi) is 2.26. The van der Waals surface area contributed by atoms with E-state index in [1.807, 2.05) is 0 Å². The van der Waals surface area contributed by atoms with Crippen LogP contribution in [0.5, 0.6) is 0 Å². The molecule has 0 unspecified atom stereocenters. The van der Waals surface area contributed by atoms with Crippen LogP contribution in [0.4, 0.5) is 0 Å². The fraction of sp³-hybridized carbons (Fsp3) is 0.929. The minimum absolute atomic E-state index is 0.286. The van der Waals surface area contributed by atoms with Crippen molar-refractivity contribution in [3.63, 3.8) is 0 Å². The van der Waals surface area contributed by atoms with E-state index in [0.29, 0.717) is 11.8 Å². The molecule has 94 valence electrons. The second-order valence-electron chi connectivity index (χ2n) is 6.39. The van der Waals surface area contributed by atoms with E-state index in [0.717, 1.165) is 49.7 Å². The molecule has 1 aliphatic heterocycles. The fourth-order valence-corrected chi connectivity index (χ4v) is 4.81. The molecule has 1 N–H and O–H groups in total. The molecule has 0 aromatic rings. The molecule has 3 nitrogen and oxygen atoms in total. The first kappa shape index (κ1) is 10.4. The third-order valence-corrected chi connectivity index (χ3v) is 5.57. The molecule has 17 heavy (non-hydrogen) atoms. The lowest BCUT2D eigenvalue weighted by molar-refractivity contribution is -0.123. The van der Waals surface area contributed by atoms with Crippen molar-refractivity contribution in [2.75, 3.05) is 13.2 Å². The lowest BCUT2D eigenvalue weighted by atomic mass is 10.0. The van der Waals surface area contributed by atoms with Gasteiger partial charge in [0.25, 0.3) is 0 Å². The van der Waals surface area contributed by atoms with Crippen LogP contribution < -0.4 is 5.32 Å². The van der Waals surface area contributed by atoms with Crippen LogP contribution in [-0.2, 0) is 9.53 Å². The second-order valence-corrected chi connectivity index (χ2v) is 6.39. The molecule has 1 heterocycles. The van der Waals surface area contributed by atoms with Crippen LogP contribution in [0.3, 0.4) is 0 Å². The van der Waals surface area contributed by atoms with Crippen LogP contribution >= 0.6 is 0 Å². The quantitative estimate of drug-likeness (QED) is 0.806. The van der Waals surface area contributed by atoms with Crippen molar-refractivity contribution >= 4 is 5.91 Å².